The number of hydrogen-bond acceptors (Lipinski definition) is 4. The number of carbonyl (C=O) groups is 1. The maximum Gasteiger partial charge on any atom is 0.273 e. The fourth-order valence-corrected chi connectivity index (χ4v) is 3.99. The number of aromatic nitrogens is 1. The van der Waals surface area contributed by atoms with E-state index in [0.717, 1.165) is 23.5 Å². The van der Waals surface area contributed by atoms with Crippen molar-refractivity contribution in [1.82, 2.24) is 9.88 Å². The minimum absolute atomic E-state index is 0. The molecule has 23 heavy (non-hydrogen) atoms. The lowest BCUT2D eigenvalue weighted by Crippen LogP contribution is -2.34. The van der Waals surface area contributed by atoms with Gasteiger partial charge in [0.15, 0.2) is 0 Å². The average molecular weight is 372 g/mol. The van der Waals surface area contributed by atoms with Gasteiger partial charge in [0.1, 0.15) is 10.7 Å². The monoisotopic (exact) mass is 371 g/mol. The van der Waals surface area contributed by atoms with E-state index in [9.17, 15) is 4.79 Å². The van der Waals surface area contributed by atoms with Gasteiger partial charge >= 0.3 is 0 Å². The molecule has 1 amide bonds. The largest absolute Gasteiger partial charge is 0.334 e. The van der Waals surface area contributed by atoms with Gasteiger partial charge in [0.05, 0.1) is 5.02 Å². The second-order valence-corrected chi connectivity index (χ2v) is 6.93. The number of likely N-dealkylation sites (tertiary alicyclic amines) is 1. The smallest absolute Gasteiger partial charge is 0.273 e. The fraction of sp³-hybridized carbons (Fsp3) is 0.375. The van der Waals surface area contributed by atoms with Gasteiger partial charge in [-0.25, -0.2) is 4.98 Å². The van der Waals surface area contributed by atoms with Crippen LogP contribution < -0.4 is 5.73 Å². The quantitative estimate of drug-likeness (QED) is 0.894. The Bertz CT molecular complexity index is 691. The van der Waals surface area contributed by atoms with Crippen LogP contribution in [0.3, 0.4) is 0 Å². The van der Waals surface area contributed by atoms with E-state index in [2.05, 4.69) is 11.9 Å². The Balaban J connectivity index is 0.00000192. The number of amides is 1. The number of thiazole rings is 1. The summed E-state index contributed by atoms with van der Waals surface area (Å²) in [4.78, 5) is 19.0. The standard InChI is InChI=1S/C16H18ClN3OS.ClH/c1-10-6-11(7-18)8-20(10)16(21)14-9-22-15(19-14)12-4-2-3-5-13(12)17;/h2-5,9-11H,6-8,18H2,1H3;1H. The molecule has 2 unspecified atom stereocenters. The Morgan fingerprint density at radius 3 is 2.87 bits per heavy atom. The summed E-state index contributed by atoms with van der Waals surface area (Å²) in [5.74, 6) is 0.374. The molecule has 0 spiro atoms. The molecule has 1 aromatic carbocycles. The molecule has 2 atom stereocenters. The molecule has 124 valence electrons. The van der Waals surface area contributed by atoms with Crippen molar-refractivity contribution in [3.63, 3.8) is 0 Å². The van der Waals surface area contributed by atoms with Crippen LogP contribution in [0.4, 0.5) is 0 Å². The van der Waals surface area contributed by atoms with E-state index in [1.54, 1.807) is 0 Å². The minimum Gasteiger partial charge on any atom is -0.334 e. The van der Waals surface area contributed by atoms with E-state index in [1.165, 1.54) is 11.3 Å². The highest BCUT2D eigenvalue weighted by Gasteiger charge is 2.33. The number of benzene rings is 1. The number of hydrogen-bond donors (Lipinski definition) is 1. The summed E-state index contributed by atoms with van der Waals surface area (Å²) < 4.78 is 0. The van der Waals surface area contributed by atoms with Crippen LogP contribution in [0.2, 0.25) is 5.02 Å². The van der Waals surface area contributed by atoms with Gasteiger partial charge in [0.2, 0.25) is 0 Å². The van der Waals surface area contributed by atoms with Crippen molar-refractivity contribution in [2.45, 2.75) is 19.4 Å². The number of nitrogens with zero attached hydrogens (tertiary/aromatic N) is 2. The van der Waals surface area contributed by atoms with Crippen LogP contribution in [0.5, 0.6) is 0 Å². The highest BCUT2D eigenvalue weighted by Crippen LogP contribution is 2.31. The first kappa shape index (κ1) is 18.2. The summed E-state index contributed by atoms with van der Waals surface area (Å²) in [6.07, 6.45) is 0.962. The van der Waals surface area contributed by atoms with Crippen LogP contribution >= 0.6 is 35.3 Å². The number of carbonyl (C=O) groups excluding carboxylic acids is 1. The van der Waals surface area contributed by atoms with Crippen LogP contribution in [0.1, 0.15) is 23.8 Å². The van der Waals surface area contributed by atoms with Crippen molar-refractivity contribution in [2.24, 2.45) is 11.7 Å². The Hall–Kier alpha value is -1.14. The molecule has 2 N–H and O–H groups in total. The first-order chi connectivity index (χ1) is 10.6. The first-order valence-corrected chi connectivity index (χ1v) is 8.57. The van der Waals surface area contributed by atoms with Gasteiger partial charge in [-0.1, -0.05) is 29.8 Å². The molecular weight excluding hydrogens is 353 g/mol. The lowest BCUT2D eigenvalue weighted by atomic mass is 10.1. The zero-order valence-electron chi connectivity index (χ0n) is 12.7. The van der Waals surface area contributed by atoms with Crippen LogP contribution in [0, 0.1) is 5.92 Å². The second kappa shape index (κ2) is 7.62. The minimum atomic E-state index is -0.0157. The molecule has 0 aliphatic carbocycles. The predicted molar refractivity (Wildman–Crippen MR) is 97.5 cm³/mol. The third-order valence-corrected chi connectivity index (χ3v) is 5.29. The number of nitrogens with two attached hydrogens (primary N) is 1. The Labute approximate surface area is 151 Å². The number of halogens is 2. The molecule has 1 aromatic heterocycles. The molecule has 1 aliphatic rings. The molecule has 4 nitrogen and oxygen atoms in total. The van der Waals surface area contributed by atoms with Crippen molar-refractivity contribution in [2.75, 3.05) is 13.1 Å². The lowest BCUT2D eigenvalue weighted by Gasteiger charge is -2.20. The van der Waals surface area contributed by atoms with E-state index in [-0.39, 0.29) is 24.4 Å². The highest BCUT2D eigenvalue weighted by atomic mass is 35.5. The lowest BCUT2D eigenvalue weighted by molar-refractivity contribution is 0.0738. The molecule has 1 fully saturated rings. The van der Waals surface area contributed by atoms with Crippen molar-refractivity contribution >= 4 is 41.3 Å². The molecule has 7 heteroatoms. The summed E-state index contributed by atoms with van der Waals surface area (Å²) >= 11 is 7.64. The molecule has 3 rings (SSSR count). The van der Waals surface area contributed by atoms with E-state index in [1.807, 2.05) is 34.5 Å². The Kier molecular flexibility index (Phi) is 6.03. The predicted octanol–water partition coefficient (Wildman–Crippen LogP) is 3.69. The van der Waals surface area contributed by atoms with Gasteiger partial charge in [-0.3, -0.25) is 4.79 Å². The maximum atomic E-state index is 12.6. The summed E-state index contributed by atoms with van der Waals surface area (Å²) in [6, 6.07) is 7.75. The Morgan fingerprint density at radius 2 is 2.22 bits per heavy atom. The second-order valence-electron chi connectivity index (χ2n) is 5.66. The molecule has 0 saturated carbocycles. The van der Waals surface area contributed by atoms with Gasteiger partial charge in [0.25, 0.3) is 5.91 Å². The first-order valence-electron chi connectivity index (χ1n) is 7.31. The molecular formula is C16H19Cl2N3OS. The van der Waals surface area contributed by atoms with E-state index >= 15 is 0 Å². The van der Waals surface area contributed by atoms with Crippen LogP contribution in [0.15, 0.2) is 29.6 Å². The van der Waals surface area contributed by atoms with Crippen molar-refractivity contribution < 1.29 is 4.79 Å². The van der Waals surface area contributed by atoms with E-state index < -0.39 is 0 Å². The zero-order chi connectivity index (χ0) is 15.7. The summed E-state index contributed by atoms with van der Waals surface area (Å²) in [7, 11) is 0. The van der Waals surface area contributed by atoms with Gasteiger partial charge < -0.3 is 10.6 Å². The van der Waals surface area contributed by atoms with Gasteiger partial charge in [-0.15, -0.1) is 23.7 Å². The summed E-state index contributed by atoms with van der Waals surface area (Å²) in [6.45, 7) is 3.40. The zero-order valence-corrected chi connectivity index (χ0v) is 15.1. The fourth-order valence-electron chi connectivity index (χ4n) is 2.87. The van der Waals surface area contributed by atoms with Gasteiger partial charge in [-0.05, 0) is 31.9 Å². The van der Waals surface area contributed by atoms with Crippen LogP contribution in [-0.4, -0.2) is 34.9 Å². The third kappa shape index (κ3) is 3.69. The summed E-state index contributed by atoms with van der Waals surface area (Å²) in [5.41, 5.74) is 7.08. The SMILES string of the molecule is CC1CC(CN)CN1C(=O)c1csc(-c2ccccc2Cl)n1.Cl. The molecule has 0 radical (unpaired) electrons. The molecule has 2 heterocycles. The third-order valence-electron chi connectivity index (χ3n) is 4.08. The maximum absolute atomic E-state index is 12.6. The molecule has 2 aromatic rings. The number of rotatable bonds is 3. The molecule has 0 bridgehead atoms. The highest BCUT2D eigenvalue weighted by molar-refractivity contribution is 7.13. The topological polar surface area (TPSA) is 59.2 Å². The van der Waals surface area contributed by atoms with Crippen molar-refractivity contribution in [3.8, 4) is 10.6 Å². The average Bonchev–Trinajstić information content (AvgIpc) is 3.14. The Morgan fingerprint density at radius 1 is 1.48 bits per heavy atom. The van der Waals surface area contributed by atoms with Crippen LogP contribution in [0.25, 0.3) is 10.6 Å². The summed E-state index contributed by atoms with van der Waals surface area (Å²) in [5, 5.41) is 3.23. The van der Waals surface area contributed by atoms with Crippen LogP contribution in [-0.2, 0) is 0 Å². The van der Waals surface area contributed by atoms with Gasteiger partial charge in [0, 0.05) is 23.5 Å². The van der Waals surface area contributed by atoms with Gasteiger partial charge in [-0.2, -0.15) is 0 Å². The van der Waals surface area contributed by atoms with E-state index in [4.69, 9.17) is 17.3 Å². The normalized spacial score (nSPS) is 20.4. The van der Waals surface area contributed by atoms with Crippen molar-refractivity contribution in [1.29, 1.82) is 0 Å². The molecule has 1 saturated heterocycles. The molecule has 1 aliphatic heterocycles. The van der Waals surface area contributed by atoms with Crippen molar-refractivity contribution in [3.05, 3.63) is 40.4 Å². The van der Waals surface area contributed by atoms with E-state index in [0.29, 0.717) is 23.2 Å².